The molecule has 3 aromatic carbocycles. The summed E-state index contributed by atoms with van der Waals surface area (Å²) in [6.07, 6.45) is 11.8. The zero-order valence-corrected chi connectivity index (χ0v) is 37.7. The van der Waals surface area contributed by atoms with Crippen LogP contribution in [-0.4, -0.2) is 81.3 Å². The predicted molar refractivity (Wildman–Crippen MR) is 249 cm³/mol. The molecule has 1 saturated carbocycles. The van der Waals surface area contributed by atoms with E-state index in [-0.39, 0.29) is 5.41 Å². The Morgan fingerprint density at radius 1 is 0.921 bits per heavy atom. The van der Waals surface area contributed by atoms with E-state index in [0.29, 0.717) is 48.0 Å². The molecule has 330 valence electrons. The van der Waals surface area contributed by atoms with Crippen molar-refractivity contribution in [3.8, 4) is 22.9 Å². The third kappa shape index (κ3) is 9.18. The van der Waals surface area contributed by atoms with Gasteiger partial charge in [0, 0.05) is 73.6 Å². The normalized spacial score (nSPS) is 24.1. The molecule has 2 fully saturated rings. The molecule has 4 aliphatic rings. The summed E-state index contributed by atoms with van der Waals surface area (Å²) < 4.78 is 12.2. The molecule has 63 heavy (non-hydrogen) atoms. The molecule has 1 aliphatic heterocycles. The van der Waals surface area contributed by atoms with Gasteiger partial charge in [-0.2, -0.15) is 0 Å². The highest BCUT2D eigenvalue weighted by Gasteiger charge is 2.54. The highest BCUT2D eigenvalue weighted by Crippen LogP contribution is 2.56. The number of benzene rings is 3. The maximum absolute atomic E-state index is 13.2. The first kappa shape index (κ1) is 43.2. The molecule has 1 saturated heterocycles. The maximum Gasteiger partial charge on any atom is 0.329 e. The van der Waals surface area contributed by atoms with E-state index in [9.17, 15) is 9.90 Å². The zero-order valence-electron chi connectivity index (χ0n) is 37.0. The van der Waals surface area contributed by atoms with Gasteiger partial charge in [-0.25, -0.2) is 14.8 Å². The summed E-state index contributed by atoms with van der Waals surface area (Å²) in [4.78, 5) is 32.4. The number of halogens is 1. The van der Waals surface area contributed by atoms with Gasteiger partial charge in [-0.05, 0) is 140 Å². The van der Waals surface area contributed by atoms with Crippen LogP contribution < -0.4 is 14.8 Å². The number of rotatable bonds is 14. The van der Waals surface area contributed by atoms with Crippen LogP contribution in [0.5, 0.6) is 11.5 Å². The van der Waals surface area contributed by atoms with Gasteiger partial charge in [0.2, 0.25) is 0 Å². The van der Waals surface area contributed by atoms with Crippen LogP contribution in [0.3, 0.4) is 0 Å². The van der Waals surface area contributed by atoms with Crippen molar-refractivity contribution in [1.82, 2.24) is 24.8 Å². The summed E-state index contributed by atoms with van der Waals surface area (Å²) in [5, 5.41) is 14.9. The Balaban J connectivity index is 0.898. The molecule has 5 aromatic rings. The van der Waals surface area contributed by atoms with Gasteiger partial charge >= 0.3 is 5.97 Å². The Hall–Kier alpha value is -5.03. The van der Waals surface area contributed by atoms with Crippen molar-refractivity contribution in [2.45, 2.75) is 102 Å². The minimum atomic E-state index is -1.06. The smallest absolute Gasteiger partial charge is 0.329 e. The van der Waals surface area contributed by atoms with Crippen LogP contribution in [0, 0.1) is 11.8 Å². The number of para-hydroxylation sites is 1. The molecule has 3 heterocycles. The van der Waals surface area contributed by atoms with Crippen LogP contribution >= 0.6 is 11.6 Å². The van der Waals surface area contributed by atoms with Crippen molar-refractivity contribution in [2.75, 3.05) is 45.2 Å². The van der Waals surface area contributed by atoms with Crippen molar-refractivity contribution < 1.29 is 19.4 Å². The molecule has 10 nitrogen and oxygen atoms in total. The summed E-state index contributed by atoms with van der Waals surface area (Å²) in [6, 6.07) is 26.6. The second-order valence-electron chi connectivity index (χ2n) is 18.8. The standard InChI is InChI=1S/C52H61ClN6O4/c1-35(34-63-47-17-23-54-45-12-6-8-36(2)48(45)47)28-39-30-38-15-14-37(29-44(38)51(39)18-20-52(21-19-51,50(60)61)57-41-10-7-9-40(53)31-41)32-58-24-26-59(27-25-58)33-42-16-22-55-49(56-42)43-11-4-5-13-46(43)62-3/h4-5,7,9-11,13-17,22-23,29,31,35-36,39,57H,6,8,12,18-21,24-28,30,32-34H2,1-3H3,(H,60,61)/t35-,36-,39+,51?,52?/m1/s1. The van der Waals surface area contributed by atoms with E-state index in [1.807, 2.05) is 67.0 Å². The molecule has 2 N–H and O–H groups in total. The molecule has 0 radical (unpaired) electrons. The number of aryl methyl sites for hydroxylation is 1. The van der Waals surface area contributed by atoms with Gasteiger partial charge in [0.05, 0.1) is 25.0 Å². The Morgan fingerprint density at radius 2 is 1.70 bits per heavy atom. The second-order valence-corrected chi connectivity index (χ2v) is 19.2. The van der Waals surface area contributed by atoms with Crippen LogP contribution in [-0.2, 0) is 36.1 Å². The van der Waals surface area contributed by atoms with E-state index < -0.39 is 11.5 Å². The number of anilines is 1. The number of carbonyl (C=O) groups is 1. The molecular weight excluding hydrogens is 808 g/mol. The fourth-order valence-corrected chi connectivity index (χ4v) is 11.5. The first-order chi connectivity index (χ1) is 30.6. The van der Waals surface area contributed by atoms with E-state index in [0.717, 1.165) is 99.8 Å². The van der Waals surface area contributed by atoms with Crippen molar-refractivity contribution in [2.24, 2.45) is 11.8 Å². The minimum Gasteiger partial charge on any atom is -0.496 e. The van der Waals surface area contributed by atoms with Crippen LogP contribution in [0.2, 0.25) is 5.02 Å². The molecule has 0 bridgehead atoms. The number of carboxylic acids is 1. The van der Waals surface area contributed by atoms with E-state index in [4.69, 9.17) is 31.0 Å². The second kappa shape index (κ2) is 18.6. The summed E-state index contributed by atoms with van der Waals surface area (Å²) in [5.74, 6) is 2.82. The third-order valence-corrected chi connectivity index (χ3v) is 14.9. The number of methoxy groups -OCH3 is 1. The lowest BCUT2D eigenvalue weighted by atomic mass is 9.59. The van der Waals surface area contributed by atoms with Crippen molar-refractivity contribution in [1.29, 1.82) is 0 Å². The number of aromatic nitrogens is 3. The number of nitrogens with zero attached hydrogens (tertiary/aromatic N) is 5. The number of nitrogens with one attached hydrogen (secondary N) is 1. The minimum absolute atomic E-state index is 0.113. The molecule has 2 aromatic heterocycles. The van der Waals surface area contributed by atoms with E-state index in [1.54, 1.807) is 7.11 Å². The molecule has 11 heteroatoms. The Kier molecular flexibility index (Phi) is 12.8. The molecule has 0 amide bonds. The van der Waals surface area contributed by atoms with Crippen LogP contribution in [0.1, 0.15) is 98.4 Å². The molecule has 9 rings (SSSR count). The lowest BCUT2D eigenvalue weighted by Gasteiger charge is -2.47. The van der Waals surface area contributed by atoms with E-state index in [2.05, 4.69) is 58.2 Å². The molecular formula is C52H61ClN6O4. The number of piperazine rings is 1. The highest BCUT2D eigenvalue weighted by molar-refractivity contribution is 6.30. The van der Waals surface area contributed by atoms with Crippen molar-refractivity contribution in [3.05, 3.63) is 130 Å². The molecule has 3 aliphatic carbocycles. The molecule has 3 atom stereocenters. The van der Waals surface area contributed by atoms with Gasteiger partial charge < -0.3 is 19.9 Å². The van der Waals surface area contributed by atoms with Crippen molar-refractivity contribution in [3.63, 3.8) is 0 Å². The Labute approximate surface area is 377 Å². The number of fused-ring (bicyclic) bond motifs is 3. The number of hydrogen-bond donors (Lipinski definition) is 2. The maximum atomic E-state index is 13.2. The summed E-state index contributed by atoms with van der Waals surface area (Å²) >= 11 is 6.36. The third-order valence-electron chi connectivity index (χ3n) is 14.7. The first-order valence-corrected chi connectivity index (χ1v) is 23.4. The lowest BCUT2D eigenvalue weighted by Crippen LogP contribution is -2.53. The van der Waals surface area contributed by atoms with Gasteiger partial charge in [0.1, 0.15) is 17.0 Å². The van der Waals surface area contributed by atoms with E-state index in [1.165, 1.54) is 40.8 Å². The predicted octanol–water partition coefficient (Wildman–Crippen LogP) is 9.98. The topological polar surface area (TPSA) is 113 Å². The number of hydrogen-bond acceptors (Lipinski definition) is 9. The summed E-state index contributed by atoms with van der Waals surface area (Å²) in [7, 11) is 1.68. The van der Waals surface area contributed by atoms with Gasteiger partial charge in [-0.3, -0.25) is 14.8 Å². The molecule has 1 spiro atoms. The Bertz CT molecular complexity index is 2410. The number of ether oxygens (including phenoxy) is 2. The quantitative estimate of drug-likeness (QED) is 0.112. The Morgan fingerprint density at radius 3 is 2.48 bits per heavy atom. The monoisotopic (exact) mass is 868 g/mol. The number of pyridine rings is 1. The number of carboxylic acid groups (broad SMARTS) is 1. The van der Waals surface area contributed by atoms with Gasteiger partial charge in [-0.1, -0.05) is 61.8 Å². The highest BCUT2D eigenvalue weighted by atomic mass is 35.5. The average Bonchev–Trinajstić information content (AvgIpc) is 3.58. The van der Waals surface area contributed by atoms with Gasteiger partial charge in [0.15, 0.2) is 5.82 Å². The summed E-state index contributed by atoms with van der Waals surface area (Å²) in [6.45, 7) is 10.8. The van der Waals surface area contributed by atoms with Crippen LogP contribution in [0.4, 0.5) is 5.69 Å². The summed E-state index contributed by atoms with van der Waals surface area (Å²) in [5.41, 5.74) is 8.15. The van der Waals surface area contributed by atoms with Gasteiger partial charge in [0.25, 0.3) is 0 Å². The zero-order chi connectivity index (χ0) is 43.6. The average molecular weight is 870 g/mol. The van der Waals surface area contributed by atoms with Crippen LogP contribution in [0.15, 0.2) is 91.3 Å². The van der Waals surface area contributed by atoms with Crippen LogP contribution in [0.25, 0.3) is 11.4 Å². The largest absolute Gasteiger partial charge is 0.496 e. The fraction of sp³-hybridized carbons (Fsp3) is 0.462. The molecule has 0 unspecified atom stereocenters. The lowest BCUT2D eigenvalue weighted by molar-refractivity contribution is -0.144. The van der Waals surface area contributed by atoms with Crippen molar-refractivity contribution >= 4 is 23.3 Å². The van der Waals surface area contributed by atoms with Gasteiger partial charge in [-0.15, -0.1) is 0 Å². The van der Waals surface area contributed by atoms with E-state index >= 15 is 0 Å². The SMILES string of the molecule is COc1ccccc1-c1nccc(CN2CCN(Cc3ccc4c(c3)C3(CCC(Nc5cccc(Cl)c5)(C(=O)O)CC3)[C@@H](C[C@@H](C)COc3ccnc5c3[C@H](C)CCC5)C4)CC2)n1. The first-order valence-electron chi connectivity index (χ1n) is 23.0. The fourth-order valence-electron chi connectivity index (χ4n) is 11.3. The number of aliphatic carboxylic acids is 1.